The third-order valence-electron chi connectivity index (χ3n) is 4.45. The van der Waals surface area contributed by atoms with Gasteiger partial charge in [-0.05, 0) is 18.2 Å². The number of hydrogen-bond acceptors (Lipinski definition) is 7. The molecule has 13 heteroatoms. The number of nitro groups is 1. The molecule has 5 N–H and O–H groups in total. The van der Waals surface area contributed by atoms with E-state index in [1.54, 1.807) is 24.6 Å². The van der Waals surface area contributed by atoms with Crippen LogP contribution in [0.3, 0.4) is 0 Å². The highest BCUT2D eigenvalue weighted by Crippen LogP contribution is 2.38. The largest absolute Gasteiger partial charge is 0.416 e. The summed E-state index contributed by atoms with van der Waals surface area (Å²) in [5.74, 6) is 0.291. The van der Waals surface area contributed by atoms with Crippen molar-refractivity contribution in [1.82, 2.24) is 9.97 Å². The normalized spacial score (nSPS) is 11.7. The van der Waals surface area contributed by atoms with Crippen LogP contribution in [0, 0.1) is 15.5 Å². The lowest BCUT2D eigenvalue weighted by molar-refractivity contribution is -0.556. The standard InChI is InChI=1S/C21H17BrF3N7O2/c1-27-10-14(9-26)30-20-28-11-17(16-6-5-12(7-18(16)22)21(23,24)25)19(31-20)29-13-3-2-4-15(8-13)32(33)34/h2-11,26-27H,1H3,(H2,28,29,30,31)/p+1/b14-10+,26-9?. The van der Waals surface area contributed by atoms with E-state index in [0.717, 1.165) is 18.3 Å². The van der Waals surface area contributed by atoms with Gasteiger partial charge in [0.05, 0.1) is 17.5 Å². The van der Waals surface area contributed by atoms with Crippen molar-refractivity contribution in [2.45, 2.75) is 6.18 Å². The Hall–Kier alpha value is -3.84. The lowest BCUT2D eigenvalue weighted by atomic mass is 10.1. The molecule has 0 fully saturated rings. The molecule has 0 amide bonds. The summed E-state index contributed by atoms with van der Waals surface area (Å²) in [5, 5.41) is 26.2. The minimum Gasteiger partial charge on any atom is -0.339 e. The maximum atomic E-state index is 13.1. The lowest BCUT2D eigenvalue weighted by Gasteiger charge is -2.15. The summed E-state index contributed by atoms with van der Waals surface area (Å²) >= 11 is 3.19. The average molecular weight is 537 g/mol. The number of rotatable bonds is 8. The number of hydrogen-bond donors (Lipinski definition) is 4. The minimum absolute atomic E-state index is 0.108. The van der Waals surface area contributed by atoms with Gasteiger partial charge in [-0.1, -0.05) is 28.1 Å². The van der Waals surface area contributed by atoms with Gasteiger partial charge < -0.3 is 21.4 Å². The van der Waals surface area contributed by atoms with Gasteiger partial charge in [-0.3, -0.25) is 10.1 Å². The number of halogens is 4. The first-order valence-electron chi connectivity index (χ1n) is 9.65. The number of nitro benzene ring substituents is 1. The second kappa shape index (κ2) is 10.4. The van der Waals surface area contributed by atoms with Crippen LogP contribution in [0.5, 0.6) is 0 Å². The van der Waals surface area contributed by atoms with E-state index in [0.29, 0.717) is 22.5 Å². The number of benzene rings is 2. The predicted molar refractivity (Wildman–Crippen MR) is 125 cm³/mol. The first-order valence-corrected chi connectivity index (χ1v) is 10.4. The van der Waals surface area contributed by atoms with Gasteiger partial charge in [0.2, 0.25) is 5.95 Å². The summed E-state index contributed by atoms with van der Waals surface area (Å²) in [5.41, 5.74) is 0.478. The zero-order chi connectivity index (χ0) is 24.9. The highest BCUT2D eigenvalue weighted by Gasteiger charge is 2.31. The van der Waals surface area contributed by atoms with Crippen LogP contribution in [0.2, 0.25) is 0 Å². The van der Waals surface area contributed by atoms with E-state index >= 15 is 0 Å². The molecule has 0 spiro atoms. The SMILES string of the molecule is C[NH2+]/C=C(\C=N)Nc1ncc(-c2ccc(C(F)(F)F)cc2Br)c(Nc2cccc([N+](=O)[O-])c2)n1. The Morgan fingerprint density at radius 3 is 2.62 bits per heavy atom. The second-order valence-electron chi connectivity index (χ2n) is 6.81. The molecule has 2 aromatic carbocycles. The van der Waals surface area contributed by atoms with Crippen LogP contribution in [0.4, 0.5) is 36.3 Å². The van der Waals surface area contributed by atoms with Crippen LogP contribution >= 0.6 is 15.9 Å². The second-order valence-corrected chi connectivity index (χ2v) is 7.66. The third kappa shape index (κ3) is 5.94. The molecule has 3 aromatic rings. The van der Waals surface area contributed by atoms with Crippen LogP contribution in [0.25, 0.3) is 11.1 Å². The lowest BCUT2D eigenvalue weighted by Crippen LogP contribution is -2.73. The number of aromatic nitrogens is 2. The number of non-ortho nitro benzene ring substituents is 1. The average Bonchev–Trinajstić information content (AvgIpc) is 2.79. The first-order chi connectivity index (χ1) is 16.1. The number of anilines is 3. The quantitative estimate of drug-likeness (QED) is 0.188. The Balaban J connectivity index is 2.10. The number of nitrogens with two attached hydrogens (primary N) is 1. The summed E-state index contributed by atoms with van der Waals surface area (Å²) < 4.78 is 39.4. The third-order valence-corrected chi connectivity index (χ3v) is 5.11. The van der Waals surface area contributed by atoms with Gasteiger partial charge in [0.25, 0.3) is 5.69 Å². The van der Waals surface area contributed by atoms with Crippen molar-refractivity contribution in [3.63, 3.8) is 0 Å². The molecular formula is C21H18BrF3N7O2+. The molecule has 0 atom stereocenters. The van der Waals surface area contributed by atoms with Gasteiger partial charge in [-0.25, -0.2) is 4.98 Å². The Morgan fingerprint density at radius 2 is 2.00 bits per heavy atom. The van der Waals surface area contributed by atoms with Crippen LogP contribution in [-0.2, 0) is 6.18 Å². The molecule has 9 nitrogen and oxygen atoms in total. The maximum absolute atomic E-state index is 13.1. The van der Waals surface area contributed by atoms with Crippen molar-refractivity contribution >= 4 is 45.3 Å². The van der Waals surface area contributed by atoms with Crippen molar-refractivity contribution in [2.75, 3.05) is 17.7 Å². The molecule has 1 aromatic heterocycles. The van der Waals surface area contributed by atoms with Crippen LogP contribution in [-0.4, -0.2) is 28.2 Å². The molecule has 34 heavy (non-hydrogen) atoms. The van der Waals surface area contributed by atoms with Gasteiger partial charge >= 0.3 is 6.18 Å². The van der Waals surface area contributed by atoms with Gasteiger partial charge in [0.15, 0.2) is 0 Å². The molecule has 0 saturated carbocycles. The van der Waals surface area contributed by atoms with Gasteiger partial charge in [0, 0.05) is 45.8 Å². The molecule has 0 radical (unpaired) electrons. The topological polar surface area (TPSA) is 133 Å². The van der Waals surface area contributed by atoms with E-state index < -0.39 is 16.7 Å². The number of quaternary nitrogens is 1. The van der Waals surface area contributed by atoms with Gasteiger partial charge in [-0.2, -0.15) is 18.2 Å². The Morgan fingerprint density at radius 1 is 1.24 bits per heavy atom. The fourth-order valence-electron chi connectivity index (χ4n) is 2.91. The van der Waals surface area contributed by atoms with E-state index in [4.69, 9.17) is 5.41 Å². The van der Waals surface area contributed by atoms with Crippen LogP contribution in [0.15, 0.2) is 65.0 Å². The van der Waals surface area contributed by atoms with E-state index in [2.05, 4.69) is 36.5 Å². The van der Waals surface area contributed by atoms with Crippen molar-refractivity contribution in [2.24, 2.45) is 0 Å². The molecule has 0 aliphatic carbocycles. The maximum Gasteiger partial charge on any atom is 0.416 e. The summed E-state index contributed by atoms with van der Waals surface area (Å²) in [4.78, 5) is 19.2. The number of nitrogens with one attached hydrogen (secondary N) is 3. The Bertz CT molecular complexity index is 1270. The summed E-state index contributed by atoms with van der Waals surface area (Å²) in [7, 11) is 1.77. The van der Waals surface area contributed by atoms with Crippen LogP contribution in [0.1, 0.15) is 5.56 Å². The molecule has 1 heterocycles. The van der Waals surface area contributed by atoms with E-state index in [1.165, 1.54) is 30.5 Å². The van der Waals surface area contributed by atoms with Gasteiger partial charge in [-0.15, -0.1) is 0 Å². The smallest absolute Gasteiger partial charge is 0.339 e. The van der Waals surface area contributed by atoms with Gasteiger partial charge in [0.1, 0.15) is 17.7 Å². The van der Waals surface area contributed by atoms with Crippen molar-refractivity contribution in [3.05, 3.63) is 80.7 Å². The molecule has 3 rings (SSSR count). The van der Waals surface area contributed by atoms with Crippen molar-refractivity contribution in [1.29, 1.82) is 5.41 Å². The zero-order valence-corrected chi connectivity index (χ0v) is 19.1. The molecule has 0 unspecified atom stereocenters. The van der Waals surface area contributed by atoms with Crippen molar-refractivity contribution in [3.8, 4) is 11.1 Å². The molecule has 176 valence electrons. The minimum atomic E-state index is -4.51. The van der Waals surface area contributed by atoms with E-state index in [9.17, 15) is 23.3 Å². The fourth-order valence-corrected chi connectivity index (χ4v) is 3.51. The predicted octanol–water partition coefficient (Wildman–Crippen LogP) is 4.67. The number of alkyl halides is 3. The summed E-state index contributed by atoms with van der Waals surface area (Å²) in [6.45, 7) is 0. The molecule has 0 saturated heterocycles. The summed E-state index contributed by atoms with van der Waals surface area (Å²) in [6, 6.07) is 8.88. The number of allylic oxidation sites excluding steroid dienone is 1. The van der Waals surface area contributed by atoms with E-state index in [1.807, 2.05) is 0 Å². The molecule has 0 aliphatic heterocycles. The number of nitrogens with zero attached hydrogens (tertiary/aromatic N) is 3. The Labute approximate surface area is 199 Å². The van der Waals surface area contributed by atoms with Crippen LogP contribution < -0.4 is 16.0 Å². The highest BCUT2D eigenvalue weighted by atomic mass is 79.9. The Kier molecular flexibility index (Phi) is 7.58. The molecular weight excluding hydrogens is 519 g/mol. The molecule has 0 bridgehead atoms. The highest BCUT2D eigenvalue weighted by molar-refractivity contribution is 9.10. The van der Waals surface area contributed by atoms with E-state index in [-0.39, 0.29) is 21.9 Å². The van der Waals surface area contributed by atoms with Crippen molar-refractivity contribution < 1.29 is 23.4 Å². The zero-order valence-electron chi connectivity index (χ0n) is 17.5. The first kappa shape index (κ1) is 24.8. The summed E-state index contributed by atoms with van der Waals surface area (Å²) in [6.07, 6.45) is -0.414. The fraction of sp³-hybridized carbons (Fsp3) is 0.0952. The monoisotopic (exact) mass is 536 g/mol. The molecule has 0 aliphatic rings.